The van der Waals surface area contributed by atoms with Crippen LogP contribution in [0.4, 0.5) is 30.2 Å². The van der Waals surface area contributed by atoms with Gasteiger partial charge in [0.05, 0.1) is 24.1 Å². The van der Waals surface area contributed by atoms with Crippen LogP contribution in [0.2, 0.25) is 5.02 Å². The van der Waals surface area contributed by atoms with Gasteiger partial charge in [-0.3, -0.25) is 9.10 Å². The van der Waals surface area contributed by atoms with Crippen LogP contribution in [0.1, 0.15) is 36.3 Å². The van der Waals surface area contributed by atoms with E-state index in [2.05, 4.69) is 10.3 Å². The van der Waals surface area contributed by atoms with Crippen LogP contribution in [-0.2, 0) is 14.8 Å². The number of nitrogens with one attached hydrogen (secondary N) is 1. The van der Waals surface area contributed by atoms with Crippen LogP contribution in [0.3, 0.4) is 0 Å². The third-order valence-electron chi connectivity index (χ3n) is 5.25. The van der Waals surface area contributed by atoms with Crippen LogP contribution >= 0.6 is 11.6 Å². The SMILES string of the molecule is CNC(=O)C(=Nc1ccc(Cl)cc1)c1cc(C2CC2)c(N(CCC(F)(F)F)S(C)(=O)=O)cc1N. The maximum Gasteiger partial charge on any atom is 0.390 e. The van der Waals surface area contributed by atoms with Gasteiger partial charge in [0.25, 0.3) is 5.91 Å². The van der Waals surface area contributed by atoms with E-state index in [1.165, 1.54) is 13.1 Å². The molecule has 0 unspecified atom stereocenters. The smallest absolute Gasteiger partial charge is 0.390 e. The molecule has 1 aliphatic rings. The lowest BCUT2D eigenvalue weighted by atomic mass is 9.98. The molecule has 0 aromatic heterocycles. The number of hydrogen-bond donors (Lipinski definition) is 2. The van der Waals surface area contributed by atoms with Gasteiger partial charge in [-0.05, 0) is 60.7 Å². The van der Waals surface area contributed by atoms with Gasteiger partial charge in [-0.2, -0.15) is 13.2 Å². The summed E-state index contributed by atoms with van der Waals surface area (Å²) in [6.45, 7) is -0.776. The number of benzene rings is 2. The first-order valence-corrected chi connectivity index (χ1v) is 12.6. The van der Waals surface area contributed by atoms with E-state index in [0.717, 1.165) is 23.4 Å². The first kappa shape index (κ1) is 25.8. The molecule has 0 spiro atoms. The fourth-order valence-corrected chi connectivity index (χ4v) is 4.52. The third kappa shape index (κ3) is 6.41. The molecule has 2 aromatic rings. The number of aliphatic imine (C=N–C) groups is 1. The Bertz CT molecular complexity index is 1210. The molecule has 1 fully saturated rings. The molecular weight excluding hydrogens is 493 g/mol. The molecule has 3 rings (SSSR count). The number of halogens is 4. The molecule has 0 aliphatic heterocycles. The molecule has 0 saturated heterocycles. The second-order valence-corrected chi connectivity index (χ2v) is 10.3. The average Bonchev–Trinajstić information content (AvgIpc) is 3.57. The van der Waals surface area contributed by atoms with Crippen LogP contribution in [0, 0.1) is 0 Å². The quantitative estimate of drug-likeness (QED) is 0.401. The summed E-state index contributed by atoms with van der Waals surface area (Å²) < 4.78 is 64.2. The van der Waals surface area contributed by atoms with Gasteiger partial charge in [0.2, 0.25) is 10.0 Å². The highest BCUT2D eigenvalue weighted by atomic mass is 35.5. The number of nitrogens with two attached hydrogens (primary N) is 1. The predicted molar refractivity (Wildman–Crippen MR) is 127 cm³/mol. The van der Waals surface area contributed by atoms with Crippen molar-refractivity contribution in [2.45, 2.75) is 31.4 Å². The van der Waals surface area contributed by atoms with E-state index in [1.54, 1.807) is 30.3 Å². The van der Waals surface area contributed by atoms with Gasteiger partial charge in [0, 0.05) is 29.9 Å². The van der Waals surface area contributed by atoms with E-state index in [9.17, 15) is 26.4 Å². The Morgan fingerprint density at radius 2 is 1.85 bits per heavy atom. The van der Waals surface area contributed by atoms with Gasteiger partial charge < -0.3 is 11.1 Å². The maximum atomic E-state index is 12.9. The molecule has 2 aromatic carbocycles. The largest absolute Gasteiger partial charge is 0.398 e. The van der Waals surface area contributed by atoms with Crippen molar-refractivity contribution in [1.82, 2.24) is 5.32 Å². The summed E-state index contributed by atoms with van der Waals surface area (Å²) in [4.78, 5) is 17.1. The van der Waals surface area contributed by atoms with Crippen LogP contribution < -0.4 is 15.4 Å². The first-order valence-electron chi connectivity index (χ1n) is 10.3. The first-order chi connectivity index (χ1) is 15.8. The van der Waals surface area contributed by atoms with Crippen LogP contribution in [0.25, 0.3) is 0 Å². The lowest BCUT2D eigenvalue weighted by molar-refractivity contribution is -0.132. The van der Waals surface area contributed by atoms with Crippen molar-refractivity contribution < 1.29 is 26.4 Å². The second kappa shape index (κ2) is 9.83. The molecule has 1 aliphatic carbocycles. The number of rotatable bonds is 8. The lowest BCUT2D eigenvalue weighted by Gasteiger charge is -2.27. The Morgan fingerprint density at radius 3 is 2.35 bits per heavy atom. The normalized spacial score (nSPS) is 14.7. The number of carbonyl (C=O) groups excluding carboxylic acids is 1. The zero-order valence-corrected chi connectivity index (χ0v) is 20.1. The van der Waals surface area contributed by atoms with Gasteiger partial charge in [0.15, 0.2) is 0 Å². The van der Waals surface area contributed by atoms with Crippen molar-refractivity contribution in [3.05, 3.63) is 52.5 Å². The highest BCUT2D eigenvalue weighted by Crippen LogP contribution is 2.46. The molecule has 0 heterocycles. The summed E-state index contributed by atoms with van der Waals surface area (Å²) in [6, 6.07) is 9.29. The summed E-state index contributed by atoms with van der Waals surface area (Å²) in [7, 11) is -2.61. The molecular formula is C22H24ClF3N4O3S. The van der Waals surface area contributed by atoms with Gasteiger partial charge in [0.1, 0.15) is 5.71 Å². The molecule has 184 valence electrons. The number of likely N-dealkylation sites (N-methyl/N-ethyl adjacent to an activating group) is 1. The zero-order valence-electron chi connectivity index (χ0n) is 18.5. The van der Waals surface area contributed by atoms with E-state index in [0.29, 0.717) is 16.3 Å². The van der Waals surface area contributed by atoms with Gasteiger partial charge >= 0.3 is 6.18 Å². The lowest BCUT2D eigenvalue weighted by Crippen LogP contribution is -2.34. The summed E-state index contributed by atoms with van der Waals surface area (Å²) in [5.74, 6) is -0.598. The summed E-state index contributed by atoms with van der Waals surface area (Å²) >= 11 is 5.91. The molecule has 7 nitrogen and oxygen atoms in total. The molecule has 3 N–H and O–H groups in total. The number of nitrogen functional groups attached to an aromatic ring is 1. The van der Waals surface area contributed by atoms with E-state index in [1.807, 2.05) is 0 Å². The molecule has 0 bridgehead atoms. The van der Waals surface area contributed by atoms with Crippen molar-refractivity contribution in [2.75, 3.05) is 29.9 Å². The van der Waals surface area contributed by atoms with Crippen molar-refractivity contribution in [1.29, 1.82) is 0 Å². The monoisotopic (exact) mass is 516 g/mol. The molecule has 12 heteroatoms. The summed E-state index contributed by atoms with van der Waals surface area (Å²) in [5, 5.41) is 2.99. The Labute approximate surface area is 200 Å². The number of sulfonamides is 1. The standard InChI is InChI=1S/C22H24ClF3N4O3S/c1-28-21(31)20(29-15-7-5-14(23)6-8-15)17-11-16(13-3-4-13)19(12-18(17)27)30(34(2,32)33)10-9-22(24,25)26/h5-8,11-13H,3-4,9-10,27H2,1-2H3,(H,28,31). The highest BCUT2D eigenvalue weighted by molar-refractivity contribution is 7.92. The number of hydrogen-bond acceptors (Lipinski definition) is 5. The van der Waals surface area contributed by atoms with Crippen LogP contribution in [0.5, 0.6) is 0 Å². The van der Waals surface area contributed by atoms with E-state index >= 15 is 0 Å². The molecule has 34 heavy (non-hydrogen) atoms. The maximum absolute atomic E-state index is 12.9. The minimum atomic E-state index is -4.54. The Morgan fingerprint density at radius 1 is 1.24 bits per heavy atom. The van der Waals surface area contributed by atoms with Crippen molar-refractivity contribution >= 4 is 50.3 Å². The fraction of sp³-hybridized carbons (Fsp3) is 0.364. The topological polar surface area (TPSA) is 105 Å². The number of nitrogens with zero attached hydrogens (tertiary/aromatic N) is 2. The zero-order chi connectivity index (χ0) is 25.3. The van der Waals surface area contributed by atoms with Crippen molar-refractivity contribution in [3.8, 4) is 0 Å². The second-order valence-electron chi connectivity index (χ2n) is 7.99. The van der Waals surface area contributed by atoms with Gasteiger partial charge in [-0.25, -0.2) is 13.4 Å². The molecule has 0 radical (unpaired) electrons. The number of amides is 1. The third-order valence-corrected chi connectivity index (χ3v) is 6.68. The van der Waals surface area contributed by atoms with Gasteiger partial charge in [-0.15, -0.1) is 0 Å². The number of alkyl halides is 3. The minimum absolute atomic E-state index is 0.0105. The highest BCUT2D eigenvalue weighted by Gasteiger charge is 2.35. The summed E-state index contributed by atoms with van der Waals surface area (Å²) in [5.41, 5.74) is 7.49. The predicted octanol–water partition coefficient (Wildman–Crippen LogP) is 4.38. The summed E-state index contributed by atoms with van der Waals surface area (Å²) in [6.07, 6.45) is -3.53. The Hall–Kier alpha value is -2.79. The van der Waals surface area contributed by atoms with Crippen molar-refractivity contribution in [2.24, 2.45) is 4.99 Å². The number of anilines is 2. The minimum Gasteiger partial charge on any atom is -0.398 e. The fourth-order valence-electron chi connectivity index (χ4n) is 3.45. The van der Waals surface area contributed by atoms with Crippen molar-refractivity contribution in [3.63, 3.8) is 0 Å². The Balaban J connectivity index is 2.15. The molecule has 0 atom stereocenters. The average molecular weight is 517 g/mol. The van der Waals surface area contributed by atoms with Crippen LogP contribution in [0.15, 0.2) is 41.4 Å². The molecule has 1 saturated carbocycles. The van der Waals surface area contributed by atoms with Gasteiger partial charge in [-0.1, -0.05) is 11.6 Å². The van der Waals surface area contributed by atoms with E-state index in [-0.39, 0.29) is 28.6 Å². The van der Waals surface area contributed by atoms with E-state index in [4.69, 9.17) is 17.3 Å². The van der Waals surface area contributed by atoms with Crippen LogP contribution in [-0.4, -0.2) is 46.1 Å². The number of carbonyl (C=O) groups is 1. The van der Waals surface area contributed by atoms with E-state index < -0.39 is 35.1 Å². The molecule has 1 amide bonds. The Kier molecular flexibility index (Phi) is 7.47.